The monoisotopic (exact) mass is 363 g/mol. The molecule has 3 saturated heterocycles. The van der Waals surface area contributed by atoms with E-state index in [-0.39, 0.29) is 18.2 Å². The lowest BCUT2D eigenvalue weighted by molar-refractivity contribution is 0.0942. The molecular weight excluding hydrogens is 338 g/mol. The minimum Gasteiger partial charge on any atom is -0.442 e. The van der Waals surface area contributed by atoms with Crippen molar-refractivity contribution in [2.45, 2.75) is 37.5 Å². The lowest BCUT2D eigenvalue weighted by atomic mass is 10.0. The molecule has 136 valence electrons. The van der Waals surface area contributed by atoms with Crippen molar-refractivity contribution >= 4 is 17.7 Å². The minimum atomic E-state index is -0.153. The van der Waals surface area contributed by atoms with Crippen molar-refractivity contribution in [3.63, 3.8) is 0 Å². The SMILES string of the molecule is CN1CCC(N2C[C@H]3OC(=O)N(CCc4cccc(Cl)c4)[C@H]3C2)CC1. The number of halogens is 1. The van der Waals surface area contributed by atoms with Gasteiger partial charge in [-0.25, -0.2) is 4.79 Å². The molecule has 3 aliphatic rings. The molecule has 0 radical (unpaired) electrons. The van der Waals surface area contributed by atoms with Crippen LogP contribution in [-0.2, 0) is 11.2 Å². The van der Waals surface area contributed by atoms with Crippen molar-refractivity contribution < 1.29 is 9.53 Å². The van der Waals surface area contributed by atoms with Gasteiger partial charge in [0.05, 0.1) is 6.04 Å². The number of piperidine rings is 1. The average Bonchev–Trinajstić information content (AvgIpc) is 3.11. The summed E-state index contributed by atoms with van der Waals surface area (Å²) in [6, 6.07) is 8.70. The van der Waals surface area contributed by atoms with E-state index in [1.54, 1.807) is 0 Å². The van der Waals surface area contributed by atoms with Gasteiger partial charge in [-0.2, -0.15) is 0 Å². The number of fused-ring (bicyclic) bond motifs is 1. The van der Waals surface area contributed by atoms with Crippen LogP contribution in [0.15, 0.2) is 24.3 Å². The lowest BCUT2D eigenvalue weighted by Gasteiger charge is -2.35. The van der Waals surface area contributed by atoms with Crippen LogP contribution in [0.25, 0.3) is 0 Å². The zero-order valence-electron chi connectivity index (χ0n) is 14.7. The number of amides is 1. The highest BCUT2D eigenvalue weighted by atomic mass is 35.5. The van der Waals surface area contributed by atoms with Crippen molar-refractivity contribution in [2.75, 3.05) is 39.8 Å². The largest absolute Gasteiger partial charge is 0.442 e. The van der Waals surface area contributed by atoms with E-state index in [2.05, 4.69) is 22.9 Å². The third-order valence-electron chi connectivity index (χ3n) is 5.89. The number of nitrogens with zero attached hydrogens (tertiary/aromatic N) is 3. The van der Waals surface area contributed by atoms with Crippen LogP contribution in [0.4, 0.5) is 4.79 Å². The van der Waals surface area contributed by atoms with Gasteiger partial charge >= 0.3 is 6.09 Å². The molecule has 1 aromatic rings. The average molecular weight is 364 g/mol. The fourth-order valence-corrected chi connectivity index (χ4v) is 4.60. The molecule has 0 aromatic heterocycles. The first kappa shape index (κ1) is 17.1. The smallest absolute Gasteiger partial charge is 0.410 e. The first-order valence-electron chi connectivity index (χ1n) is 9.24. The van der Waals surface area contributed by atoms with E-state index < -0.39 is 0 Å². The van der Waals surface area contributed by atoms with Gasteiger partial charge in [-0.1, -0.05) is 23.7 Å². The molecule has 3 heterocycles. The third kappa shape index (κ3) is 3.64. The van der Waals surface area contributed by atoms with Crippen molar-refractivity contribution in [3.8, 4) is 0 Å². The summed E-state index contributed by atoms with van der Waals surface area (Å²) in [6.07, 6.45) is 3.12. The summed E-state index contributed by atoms with van der Waals surface area (Å²) in [5.74, 6) is 0. The van der Waals surface area contributed by atoms with E-state index in [1.165, 1.54) is 12.8 Å². The number of ether oxygens (including phenoxy) is 1. The predicted molar refractivity (Wildman–Crippen MR) is 98.0 cm³/mol. The number of carbonyl (C=O) groups is 1. The quantitative estimate of drug-likeness (QED) is 0.823. The van der Waals surface area contributed by atoms with Crippen LogP contribution in [0.3, 0.4) is 0 Å². The fraction of sp³-hybridized carbons (Fsp3) is 0.632. The first-order valence-corrected chi connectivity index (χ1v) is 9.62. The van der Waals surface area contributed by atoms with Gasteiger partial charge in [-0.05, 0) is 57.1 Å². The van der Waals surface area contributed by atoms with Crippen molar-refractivity contribution in [3.05, 3.63) is 34.9 Å². The van der Waals surface area contributed by atoms with Gasteiger partial charge < -0.3 is 9.64 Å². The van der Waals surface area contributed by atoms with E-state index in [0.717, 1.165) is 43.2 Å². The molecule has 3 fully saturated rings. The Labute approximate surface area is 154 Å². The molecule has 0 unspecified atom stereocenters. The van der Waals surface area contributed by atoms with Crippen LogP contribution in [0.1, 0.15) is 18.4 Å². The van der Waals surface area contributed by atoms with Gasteiger partial charge in [0.15, 0.2) is 0 Å². The van der Waals surface area contributed by atoms with Crippen molar-refractivity contribution in [1.29, 1.82) is 0 Å². The van der Waals surface area contributed by atoms with Crippen LogP contribution >= 0.6 is 11.6 Å². The summed E-state index contributed by atoms with van der Waals surface area (Å²) in [7, 11) is 2.19. The fourth-order valence-electron chi connectivity index (χ4n) is 4.39. The molecule has 2 atom stereocenters. The summed E-state index contributed by atoms with van der Waals surface area (Å²) >= 11 is 6.06. The summed E-state index contributed by atoms with van der Waals surface area (Å²) in [6.45, 7) is 4.85. The van der Waals surface area contributed by atoms with Crippen LogP contribution in [0.5, 0.6) is 0 Å². The first-order chi connectivity index (χ1) is 12.1. The van der Waals surface area contributed by atoms with Gasteiger partial charge in [-0.15, -0.1) is 0 Å². The predicted octanol–water partition coefficient (Wildman–Crippen LogP) is 2.48. The van der Waals surface area contributed by atoms with Gasteiger partial charge in [0.2, 0.25) is 0 Å². The highest BCUT2D eigenvalue weighted by Gasteiger charge is 2.48. The van der Waals surface area contributed by atoms with Crippen LogP contribution in [0.2, 0.25) is 5.02 Å². The molecular formula is C19H26ClN3O2. The summed E-state index contributed by atoms with van der Waals surface area (Å²) < 4.78 is 5.66. The molecule has 0 aliphatic carbocycles. The van der Waals surface area contributed by atoms with E-state index in [0.29, 0.717) is 12.6 Å². The molecule has 1 amide bonds. The molecule has 0 N–H and O–H groups in total. The second kappa shape index (κ2) is 7.14. The Bertz CT molecular complexity index is 633. The number of hydrogen-bond donors (Lipinski definition) is 0. The maximum Gasteiger partial charge on any atom is 0.410 e. The molecule has 5 nitrogen and oxygen atoms in total. The highest BCUT2D eigenvalue weighted by molar-refractivity contribution is 6.30. The second-order valence-corrected chi connectivity index (χ2v) is 7.99. The topological polar surface area (TPSA) is 36.0 Å². The summed E-state index contributed by atoms with van der Waals surface area (Å²) in [5.41, 5.74) is 1.16. The van der Waals surface area contributed by atoms with Crippen LogP contribution < -0.4 is 0 Å². The number of likely N-dealkylation sites (tertiary alicyclic amines) is 2. The van der Waals surface area contributed by atoms with E-state index >= 15 is 0 Å². The van der Waals surface area contributed by atoms with E-state index in [4.69, 9.17) is 16.3 Å². The molecule has 4 rings (SSSR count). The van der Waals surface area contributed by atoms with Crippen LogP contribution in [-0.4, -0.2) is 78.8 Å². The number of hydrogen-bond acceptors (Lipinski definition) is 4. The molecule has 3 aliphatic heterocycles. The molecule has 6 heteroatoms. The van der Waals surface area contributed by atoms with Gasteiger partial charge in [0.25, 0.3) is 0 Å². The maximum absolute atomic E-state index is 12.3. The number of rotatable bonds is 4. The minimum absolute atomic E-state index is 0.0338. The Balaban J connectivity index is 1.36. The Morgan fingerprint density at radius 2 is 2.04 bits per heavy atom. The Kier molecular flexibility index (Phi) is 4.89. The Hall–Kier alpha value is -1.30. The second-order valence-electron chi connectivity index (χ2n) is 7.55. The molecule has 0 bridgehead atoms. The summed E-state index contributed by atoms with van der Waals surface area (Å²) in [4.78, 5) is 19.1. The maximum atomic E-state index is 12.3. The standard InChI is InChI=1S/C19H26ClN3O2/c1-21-8-6-16(7-9-21)22-12-17-18(13-22)25-19(24)23(17)10-5-14-3-2-4-15(20)11-14/h2-4,11,16-18H,5-10,12-13H2,1H3/t17-,18+/m0/s1. The molecule has 0 saturated carbocycles. The van der Waals surface area contributed by atoms with Crippen molar-refractivity contribution in [2.24, 2.45) is 0 Å². The lowest BCUT2D eigenvalue weighted by Crippen LogP contribution is -2.45. The normalized spacial score (nSPS) is 28.4. The van der Waals surface area contributed by atoms with Crippen molar-refractivity contribution in [1.82, 2.24) is 14.7 Å². The number of carbonyl (C=O) groups excluding carboxylic acids is 1. The zero-order chi connectivity index (χ0) is 17.4. The van der Waals surface area contributed by atoms with Crippen LogP contribution in [0, 0.1) is 0 Å². The van der Waals surface area contributed by atoms with Gasteiger partial charge in [0, 0.05) is 30.7 Å². The third-order valence-corrected chi connectivity index (χ3v) is 6.12. The number of benzene rings is 1. The molecule has 25 heavy (non-hydrogen) atoms. The van der Waals surface area contributed by atoms with Gasteiger partial charge in [-0.3, -0.25) is 9.80 Å². The Morgan fingerprint density at radius 1 is 1.24 bits per heavy atom. The molecule has 1 aromatic carbocycles. The Morgan fingerprint density at radius 3 is 2.80 bits per heavy atom. The van der Waals surface area contributed by atoms with E-state index in [9.17, 15) is 4.79 Å². The summed E-state index contributed by atoms with van der Waals surface area (Å²) in [5, 5.41) is 0.744. The highest BCUT2D eigenvalue weighted by Crippen LogP contribution is 2.30. The van der Waals surface area contributed by atoms with E-state index in [1.807, 2.05) is 23.1 Å². The van der Waals surface area contributed by atoms with Gasteiger partial charge in [0.1, 0.15) is 6.10 Å². The molecule has 0 spiro atoms. The zero-order valence-corrected chi connectivity index (χ0v) is 15.5.